The van der Waals surface area contributed by atoms with Crippen molar-refractivity contribution in [2.45, 2.75) is 51.1 Å². The molecule has 0 aromatic heterocycles. The van der Waals surface area contributed by atoms with Crippen LogP contribution in [0.4, 0.5) is 5.69 Å². The van der Waals surface area contributed by atoms with E-state index in [1.54, 1.807) is 7.11 Å². The first-order valence-corrected chi connectivity index (χ1v) is 9.43. The molecule has 0 saturated heterocycles. The fourth-order valence-electron chi connectivity index (χ4n) is 3.95. The van der Waals surface area contributed by atoms with Crippen LogP contribution in [-0.2, 0) is 0 Å². The Hall–Kier alpha value is -2.00. The highest BCUT2D eigenvalue weighted by Crippen LogP contribution is 2.30. The molecule has 0 bridgehead atoms. The molecule has 134 valence electrons. The van der Waals surface area contributed by atoms with Gasteiger partial charge in [-0.3, -0.25) is 0 Å². The smallest absolute Gasteiger partial charge is 0.118 e. The molecular formula is C22H30N2O. The molecule has 0 radical (unpaired) electrons. The van der Waals surface area contributed by atoms with Crippen molar-refractivity contribution in [3.63, 3.8) is 0 Å². The molecule has 0 spiro atoms. The van der Waals surface area contributed by atoms with E-state index in [2.05, 4.69) is 36.5 Å². The van der Waals surface area contributed by atoms with Crippen molar-refractivity contribution in [1.29, 1.82) is 0 Å². The maximum atomic E-state index is 6.05. The van der Waals surface area contributed by atoms with Crippen LogP contribution in [0.15, 0.2) is 48.5 Å². The fraction of sp³-hybridized carbons (Fsp3) is 0.455. The minimum Gasteiger partial charge on any atom is -0.497 e. The summed E-state index contributed by atoms with van der Waals surface area (Å²) < 4.78 is 5.31. The van der Waals surface area contributed by atoms with Crippen molar-refractivity contribution in [2.24, 2.45) is 5.92 Å². The van der Waals surface area contributed by atoms with Crippen LogP contribution in [0.1, 0.15) is 56.2 Å². The molecular weight excluding hydrogens is 308 g/mol. The molecule has 0 aliphatic heterocycles. The molecule has 25 heavy (non-hydrogen) atoms. The van der Waals surface area contributed by atoms with E-state index in [4.69, 9.17) is 10.5 Å². The molecule has 0 amide bonds. The van der Waals surface area contributed by atoms with Gasteiger partial charge in [0.05, 0.1) is 13.2 Å². The van der Waals surface area contributed by atoms with Gasteiger partial charge in [-0.1, -0.05) is 43.5 Å². The van der Waals surface area contributed by atoms with Gasteiger partial charge in [-0.25, -0.2) is 0 Å². The Morgan fingerprint density at radius 3 is 2.36 bits per heavy atom. The number of nitrogens with one attached hydrogen (secondary N) is 1. The maximum Gasteiger partial charge on any atom is 0.118 e. The minimum absolute atomic E-state index is 0.145. The summed E-state index contributed by atoms with van der Waals surface area (Å²) in [5.41, 5.74) is 9.31. The Kier molecular flexibility index (Phi) is 5.98. The molecule has 1 saturated carbocycles. The van der Waals surface area contributed by atoms with Gasteiger partial charge in [-0.2, -0.15) is 0 Å². The molecule has 1 aliphatic carbocycles. The van der Waals surface area contributed by atoms with Crippen molar-refractivity contribution in [3.8, 4) is 5.75 Å². The number of hydrogen-bond donors (Lipinski definition) is 2. The van der Waals surface area contributed by atoms with Gasteiger partial charge in [0.25, 0.3) is 0 Å². The SMILES string of the molecule is COc1ccc(C(N[C@H](C)C2CCCCC2)c2cccc(N)c2)cc1. The van der Waals surface area contributed by atoms with Crippen LogP contribution in [-0.4, -0.2) is 13.2 Å². The third-order valence-corrected chi connectivity index (χ3v) is 5.48. The van der Waals surface area contributed by atoms with E-state index in [1.807, 2.05) is 24.3 Å². The lowest BCUT2D eigenvalue weighted by atomic mass is 9.83. The summed E-state index contributed by atoms with van der Waals surface area (Å²) in [6.45, 7) is 2.33. The molecule has 1 fully saturated rings. The summed E-state index contributed by atoms with van der Waals surface area (Å²) >= 11 is 0. The number of rotatable bonds is 6. The van der Waals surface area contributed by atoms with Crippen molar-refractivity contribution < 1.29 is 4.74 Å². The number of benzene rings is 2. The van der Waals surface area contributed by atoms with Gasteiger partial charge in [0.15, 0.2) is 0 Å². The van der Waals surface area contributed by atoms with E-state index in [1.165, 1.54) is 43.2 Å². The zero-order chi connectivity index (χ0) is 17.6. The summed E-state index contributed by atoms with van der Waals surface area (Å²) in [6, 6.07) is 17.2. The zero-order valence-corrected chi connectivity index (χ0v) is 15.4. The van der Waals surface area contributed by atoms with Crippen LogP contribution in [0.5, 0.6) is 5.75 Å². The predicted octanol–water partition coefficient (Wildman–Crippen LogP) is 4.93. The number of anilines is 1. The van der Waals surface area contributed by atoms with Crippen LogP contribution in [0.25, 0.3) is 0 Å². The highest BCUT2D eigenvalue weighted by Gasteiger charge is 2.24. The van der Waals surface area contributed by atoms with E-state index < -0.39 is 0 Å². The van der Waals surface area contributed by atoms with Crippen LogP contribution < -0.4 is 15.8 Å². The number of hydrogen-bond acceptors (Lipinski definition) is 3. The first-order chi connectivity index (χ1) is 12.2. The van der Waals surface area contributed by atoms with E-state index in [9.17, 15) is 0 Å². The van der Waals surface area contributed by atoms with Gasteiger partial charge >= 0.3 is 0 Å². The summed E-state index contributed by atoms with van der Waals surface area (Å²) in [7, 11) is 1.70. The van der Waals surface area contributed by atoms with Crippen molar-refractivity contribution in [2.75, 3.05) is 12.8 Å². The van der Waals surface area contributed by atoms with Crippen LogP contribution in [0.2, 0.25) is 0 Å². The lowest BCUT2D eigenvalue weighted by Gasteiger charge is -2.32. The summed E-state index contributed by atoms with van der Waals surface area (Å²) in [5, 5.41) is 3.89. The van der Waals surface area contributed by atoms with Gasteiger partial charge in [-0.05, 0) is 61.1 Å². The normalized spacial score (nSPS) is 17.8. The first kappa shape index (κ1) is 17.8. The monoisotopic (exact) mass is 338 g/mol. The predicted molar refractivity (Wildman–Crippen MR) is 105 cm³/mol. The Balaban J connectivity index is 1.85. The third-order valence-electron chi connectivity index (χ3n) is 5.48. The molecule has 2 aromatic rings. The number of nitrogens with two attached hydrogens (primary N) is 1. The standard InChI is InChI=1S/C22H30N2O/c1-16(17-7-4-3-5-8-17)24-22(19-9-6-10-20(23)15-19)18-11-13-21(25-2)14-12-18/h6,9-17,22,24H,3-5,7-8,23H2,1-2H3/t16-,22?/m1/s1. The second-order valence-electron chi connectivity index (χ2n) is 7.23. The highest BCUT2D eigenvalue weighted by atomic mass is 16.5. The van der Waals surface area contributed by atoms with Crippen molar-refractivity contribution in [1.82, 2.24) is 5.32 Å². The molecule has 3 heteroatoms. The Morgan fingerprint density at radius 1 is 1.00 bits per heavy atom. The number of methoxy groups -OCH3 is 1. The molecule has 3 nitrogen and oxygen atoms in total. The quantitative estimate of drug-likeness (QED) is 0.735. The van der Waals surface area contributed by atoms with Gasteiger partial charge in [0.2, 0.25) is 0 Å². The zero-order valence-electron chi connectivity index (χ0n) is 15.4. The second kappa shape index (κ2) is 8.39. The topological polar surface area (TPSA) is 47.3 Å². The molecule has 0 heterocycles. The molecule has 2 aromatic carbocycles. The fourth-order valence-corrected chi connectivity index (χ4v) is 3.95. The van der Waals surface area contributed by atoms with Crippen molar-refractivity contribution in [3.05, 3.63) is 59.7 Å². The minimum atomic E-state index is 0.145. The number of ether oxygens (including phenoxy) is 1. The van der Waals surface area contributed by atoms with Gasteiger partial charge in [0.1, 0.15) is 5.75 Å². The Bertz CT molecular complexity index is 662. The Labute approximate surface area is 151 Å². The third kappa shape index (κ3) is 4.55. The summed E-state index contributed by atoms with van der Waals surface area (Å²) in [6.07, 6.45) is 6.78. The molecule has 3 N–H and O–H groups in total. The van der Waals surface area contributed by atoms with E-state index >= 15 is 0 Å². The lowest BCUT2D eigenvalue weighted by Crippen LogP contribution is -2.37. The summed E-state index contributed by atoms with van der Waals surface area (Å²) in [5.74, 6) is 1.64. The highest BCUT2D eigenvalue weighted by molar-refractivity contribution is 5.45. The van der Waals surface area contributed by atoms with Crippen LogP contribution >= 0.6 is 0 Å². The maximum absolute atomic E-state index is 6.05. The largest absolute Gasteiger partial charge is 0.497 e. The van der Waals surface area contributed by atoms with Gasteiger partial charge in [0, 0.05) is 11.7 Å². The lowest BCUT2D eigenvalue weighted by molar-refractivity contribution is 0.272. The van der Waals surface area contributed by atoms with Gasteiger partial charge in [-0.15, -0.1) is 0 Å². The van der Waals surface area contributed by atoms with Gasteiger partial charge < -0.3 is 15.8 Å². The average Bonchev–Trinajstić information content (AvgIpc) is 2.67. The molecule has 2 atom stereocenters. The second-order valence-corrected chi connectivity index (χ2v) is 7.23. The van der Waals surface area contributed by atoms with Crippen LogP contribution in [0.3, 0.4) is 0 Å². The summed E-state index contributed by atoms with van der Waals surface area (Å²) in [4.78, 5) is 0. The van der Waals surface area contributed by atoms with Crippen LogP contribution in [0, 0.1) is 5.92 Å². The van der Waals surface area contributed by atoms with E-state index in [0.717, 1.165) is 17.4 Å². The first-order valence-electron chi connectivity index (χ1n) is 9.43. The average molecular weight is 338 g/mol. The van der Waals surface area contributed by atoms with E-state index in [0.29, 0.717) is 6.04 Å². The molecule has 3 rings (SSSR count). The van der Waals surface area contributed by atoms with E-state index in [-0.39, 0.29) is 6.04 Å². The van der Waals surface area contributed by atoms with Crippen molar-refractivity contribution >= 4 is 5.69 Å². The number of nitrogen functional groups attached to an aromatic ring is 1. The molecule has 1 aliphatic rings. The molecule has 1 unspecified atom stereocenters. The Morgan fingerprint density at radius 2 is 1.72 bits per heavy atom.